The Hall–Kier alpha value is -2.31. The summed E-state index contributed by atoms with van der Waals surface area (Å²) < 4.78 is 20.0. The molecular weight excluding hydrogens is 357 g/mol. The van der Waals surface area contributed by atoms with Crippen LogP contribution in [0.3, 0.4) is 0 Å². The molecule has 2 heterocycles. The summed E-state index contributed by atoms with van der Waals surface area (Å²) in [5.41, 5.74) is 1.59. The van der Waals surface area contributed by atoms with E-state index in [4.69, 9.17) is 4.74 Å². The Labute approximate surface area is 166 Å². The third kappa shape index (κ3) is 5.84. The van der Waals surface area contributed by atoms with Gasteiger partial charge in [-0.2, -0.15) is 0 Å². The predicted octanol–water partition coefficient (Wildman–Crippen LogP) is 3.11. The smallest absolute Gasteiger partial charge is 0.236 e. The molecule has 5 nitrogen and oxygen atoms in total. The van der Waals surface area contributed by atoms with Crippen molar-refractivity contribution in [3.8, 4) is 0 Å². The number of amides is 1. The molecule has 28 heavy (non-hydrogen) atoms. The number of halogens is 1. The van der Waals surface area contributed by atoms with Crippen molar-refractivity contribution >= 4 is 5.91 Å². The van der Waals surface area contributed by atoms with Gasteiger partial charge in [0.2, 0.25) is 5.91 Å². The standard InChI is InChI=1S/C22H28FN3O2/c1-17(2)11-26-14-20(28-16-19-7-3-4-8-21(19)23)13-25(15-22(26)27)12-18-6-5-9-24-10-18/h3-10,17,20H,11-16H2,1-2H3. The summed E-state index contributed by atoms with van der Waals surface area (Å²) in [5.74, 6) is 0.217. The number of hydrogen-bond acceptors (Lipinski definition) is 4. The Morgan fingerprint density at radius 3 is 2.75 bits per heavy atom. The van der Waals surface area contributed by atoms with Crippen molar-refractivity contribution in [1.29, 1.82) is 0 Å². The van der Waals surface area contributed by atoms with Crippen LogP contribution < -0.4 is 0 Å². The van der Waals surface area contributed by atoms with E-state index < -0.39 is 0 Å². The lowest BCUT2D eigenvalue weighted by Crippen LogP contribution is -2.40. The molecule has 0 aliphatic carbocycles. The minimum atomic E-state index is -0.265. The number of aromatic nitrogens is 1. The number of benzene rings is 1. The molecule has 150 valence electrons. The van der Waals surface area contributed by atoms with E-state index >= 15 is 0 Å². The topological polar surface area (TPSA) is 45.7 Å². The van der Waals surface area contributed by atoms with Gasteiger partial charge in [0.15, 0.2) is 0 Å². The highest BCUT2D eigenvalue weighted by molar-refractivity contribution is 5.78. The summed E-state index contributed by atoms with van der Waals surface area (Å²) in [6.07, 6.45) is 3.37. The number of carbonyl (C=O) groups is 1. The van der Waals surface area contributed by atoms with Gasteiger partial charge in [-0.1, -0.05) is 38.1 Å². The van der Waals surface area contributed by atoms with Gasteiger partial charge in [0, 0.05) is 44.1 Å². The van der Waals surface area contributed by atoms with Gasteiger partial charge in [-0.25, -0.2) is 4.39 Å². The highest BCUT2D eigenvalue weighted by Crippen LogP contribution is 2.16. The van der Waals surface area contributed by atoms with Gasteiger partial charge in [0.1, 0.15) is 5.82 Å². The first-order valence-corrected chi connectivity index (χ1v) is 9.75. The quantitative estimate of drug-likeness (QED) is 0.735. The van der Waals surface area contributed by atoms with Crippen LogP contribution in [-0.4, -0.2) is 53.0 Å². The number of rotatable bonds is 7. The second kappa shape index (κ2) is 9.75. The van der Waals surface area contributed by atoms with E-state index in [-0.39, 0.29) is 24.4 Å². The first kappa shape index (κ1) is 20.4. The van der Waals surface area contributed by atoms with E-state index in [9.17, 15) is 9.18 Å². The zero-order valence-electron chi connectivity index (χ0n) is 16.6. The molecule has 1 amide bonds. The third-order valence-corrected chi connectivity index (χ3v) is 4.74. The van der Waals surface area contributed by atoms with E-state index in [1.165, 1.54) is 6.07 Å². The van der Waals surface area contributed by atoms with Gasteiger partial charge in [0.25, 0.3) is 0 Å². The second-order valence-corrected chi connectivity index (χ2v) is 7.75. The SMILES string of the molecule is CC(C)CN1CC(OCc2ccccc2F)CN(Cc2cccnc2)CC1=O. The Kier molecular flexibility index (Phi) is 7.12. The largest absolute Gasteiger partial charge is 0.370 e. The Balaban J connectivity index is 1.71. The first-order chi connectivity index (χ1) is 13.5. The molecule has 3 rings (SSSR count). The minimum absolute atomic E-state index is 0.106. The Bertz CT molecular complexity index is 769. The number of ether oxygens (including phenoxy) is 1. The van der Waals surface area contributed by atoms with Crippen LogP contribution >= 0.6 is 0 Å². The number of carbonyl (C=O) groups excluding carboxylic acids is 1. The summed E-state index contributed by atoms with van der Waals surface area (Å²) in [6, 6.07) is 10.5. The van der Waals surface area contributed by atoms with Crippen LogP contribution in [0, 0.1) is 11.7 Å². The second-order valence-electron chi connectivity index (χ2n) is 7.75. The maximum atomic E-state index is 13.9. The molecule has 1 aliphatic rings. The van der Waals surface area contributed by atoms with Crippen molar-refractivity contribution in [3.05, 3.63) is 65.7 Å². The molecule has 1 aliphatic heterocycles. The number of pyridine rings is 1. The van der Waals surface area contributed by atoms with Crippen LogP contribution in [0.25, 0.3) is 0 Å². The van der Waals surface area contributed by atoms with Crippen LogP contribution in [0.15, 0.2) is 48.8 Å². The molecule has 6 heteroatoms. The average Bonchev–Trinajstić information content (AvgIpc) is 2.80. The van der Waals surface area contributed by atoms with Gasteiger partial charge in [-0.15, -0.1) is 0 Å². The highest BCUT2D eigenvalue weighted by Gasteiger charge is 2.29. The van der Waals surface area contributed by atoms with Gasteiger partial charge in [-0.3, -0.25) is 14.7 Å². The van der Waals surface area contributed by atoms with Crippen molar-refractivity contribution in [2.75, 3.05) is 26.2 Å². The number of hydrogen-bond donors (Lipinski definition) is 0. The molecule has 0 radical (unpaired) electrons. The van der Waals surface area contributed by atoms with Gasteiger partial charge in [0.05, 0.1) is 19.3 Å². The monoisotopic (exact) mass is 385 g/mol. The summed E-state index contributed by atoms with van der Waals surface area (Å²) in [4.78, 5) is 20.9. The van der Waals surface area contributed by atoms with Crippen LogP contribution in [0.1, 0.15) is 25.0 Å². The van der Waals surface area contributed by atoms with E-state index in [1.54, 1.807) is 24.4 Å². The zero-order valence-corrected chi connectivity index (χ0v) is 16.6. The molecule has 1 atom stereocenters. The zero-order chi connectivity index (χ0) is 19.9. The predicted molar refractivity (Wildman–Crippen MR) is 106 cm³/mol. The molecule has 1 aromatic heterocycles. The molecule has 1 unspecified atom stereocenters. The fourth-order valence-electron chi connectivity index (χ4n) is 3.47. The molecule has 0 bridgehead atoms. The van der Waals surface area contributed by atoms with Gasteiger partial charge < -0.3 is 9.64 Å². The Morgan fingerprint density at radius 2 is 2.04 bits per heavy atom. The van der Waals surface area contributed by atoms with Gasteiger partial charge >= 0.3 is 0 Å². The molecule has 1 aromatic carbocycles. The van der Waals surface area contributed by atoms with Crippen molar-refractivity contribution in [3.63, 3.8) is 0 Å². The van der Waals surface area contributed by atoms with Crippen molar-refractivity contribution in [1.82, 2.24) is 14.8 Å². The third-order valence-electron chi connectivity index (χ3n) is 4.74. The molecule has 1 fully saturated rings. The van der Waals surface area contributed by atoms with E-state index in [0.29, 0.717) is 44.2 Å². The fourth-order valence-corrected chi connectivity index (χ4v) is 3.47. The maximum Gasteiger partial charge on any atom is 0.236 e. The van der Waals surface area contributed by atoms with Gasteiger partial charge in [-0.05, 0) is 23.6 Å². The molecular formula is C22H28FN3O2. The highest BCUT2D eigenvalue weighted by atomic mass is 19.1. The average molecular weight is 385 g/mol. The van der Waals surface area contributed by atoms with Crippen molar-refractivity contribution < 1.29 is 13.9 Å². The lowest BCUT2D eigenvalue weighted by atomic mass is 10.2. The molecule has 0 saturated carbocycles. The summed E-state index contributed by atoms with van der Waals surface area (Å²) in [6.45, 7) is 7.21. The fraction of sp³-hybridized carbons (Fsp3) is 0.455. The van der Waals surface area contributed by atoms with E-state index in [2.05, 4.69) is 23.7 Å². The lowest BCUT2D eigenvalue weighted by molar-refractivity contribution is -0.132. The Morgan fingerprint density at radius 1 is 1.21 bits per heavy atom. The van der Waals surface area contributed by atoms with Crippen LogP contribution in [-0.2, 0) is 22.7 Å². The molecule has 1 saturated heterocycles. The summed E-state index contributed by atoms with van der Waals surface area (Å²) >= 11 is 0. The summed E-state index contributed by atoms with van der Waals surface area (Å²) in [5, 5.41) is 0. The minimum Gasteiger partial charge on any atom is -0.370 e. The number of nitrogens with zero attached hydrogens (tertiary/aromatic N) is 3. The van der Waals surface area contributed by atoms with E-state index in [0.717, 1.165) is 5.56 Å². The van der Waals surface area contributed by atoms with Crippen LogP contribution in [0.2, 0.25) is 0 Å². The lowest BCUT2D eigenvalue weighted by Gasteiger charge is -2.26. The van der Waals surface area contributed by atoms with E-state index in [1.807, 2.05) is 23.2 Å². The van der Waals surface area contributed by atoms with Crippen molar-refractivity contribution in [2.24, 2.45) is 5.92 Å². The normalized spacial score (nSPS) is 18.5. The van der Waals surface area contributed by atoms with Crippen LogP contribution in [0.4, 0.5) is 4.39 Å². The maximum absolute atomic E-state index is 13.9. The molecule has 0 N–H and O–H groups in total. The molecule has 0 spiro atoms. The van der Waals surface area contributed by atoms with Crippen LogP contribution in [0.5, 0.6) is 0 Å². The first-order valence-electron chi connectivity index (χ1n) is 9.75. The summed E-state index contributed by atoms with van der Waals surface area (Å²) in [7, 11) is 0. The van der Waals surface area contributed by atoms with Crippen molar-refractivity contribution in [2.45, 2.75) is 33.1 Å². The molecule has 2 aromatic rings.